The Morgan fingerprint density at radius 2 is 1.53 bits per heavy atom. The van der Waals surface area contributed by atoms with Crippen molar-refractivity contribution in [3.8, 4) is 0 Å². The Bertz CT molecular complexity index is 2120. The minimum atomic E-state index is -1.76. The number of fused-ring (bicyclic) bond motifs is 1. The molecule has 3 atom stereocenters. The van der Waals surface area contributed by atoms with Crippen molar-refractivity contribution in [2.75, 3.05) is 10.2 Å². The first kappa shape index (κ1) is 44.9. The molecule has 310 valence electrons. The Labute approximate surface area is 361 Å². The van der Waals surface area contributed by atoms with Gasteiger partial charge in [-0.05, 0) is 72.1 Å². The number of thiazole rings is 1. The summed E-state index contributed by atoms with van der Waals surface area (Å²) in [6.45, 7) is 12.9. The van der Waals surface area contributed by atoms with Crippen LogP contribution in [0.2, 0.25) is 4.34 Å². The number of amides is 2. The zero-order valence-electron chi connectivity index (χ0n) is 33.1. The number of esters is 3. The zero-order valence-corrected chi connectivity index (χ0v) is 37.7. The third-order valence-electron chi connectivity index (χ3n) is 8.32. The Morgan fingerprint density at radius 1 is 0.966 bits per heavy atom. The van der Waals surface area contributed by atoms with Gasteiger partial charge in [0.25, 0.3) is 11.8 Å². The molecular weight excluding hydrogens is 923 g/mol. The van der Waals surface area contributed by atoms with Crippen molar-refractivity contribution in [2.24, 2.45) is 5.16 Å². The summed E-state index contributed by atoms with van der Waals surface area (Å²) in [7, 11) is -1.76. The molecule has 2 aliphatic heterocycles. The molecule has 3 aromatic rings. The topological polar surface area (TPSA) is 180 Å². The number of benzene rings is 2. The summed E-state index contributed by atoms with van der Waals surface area (Å²) in [5.41, 5.74) is -2.31. The van der Waals surface area contributed by atoms with E-state index in [-0.39, 0.29) is 37.3 Å². The molecule has 1 fully saturated rings. The number of β-lactam (4-membered cyclic amide) rings is 1. The molecule has 2 aliphatic rings. The van der Waals surface area contributed by atoms with Gasteiger partial charge in [0.05, 0.1) is 23.0 Å². The van der Waals surface area contributed by atoms with Crippen LogP contribution < -0.4 is 5.32 Å². The second kappa shape index (κ2) is 18.0. The summed E-state index contributed by atoms with van der Waals surface area (Å²) in [6, 6.07) is 16.9. The maximum Gasteiger partial charge on any atom is 0.356 e. The van der Waals surface area contributed by atoms with Crippen LogP contribution in [0.5, 0.6) is 0 Å². The van der Waals surface area contributed by atoms with E-state index >= 15 is 0 Å². The summed E-state index contributed by atoms with van der Waals surface area (Å²) in [4.78, 5) is 79.0. The molecule has 18 heteroatoms. The van der Waals surface area contributed by atoms with E-state index in [0.29, 0.717) is 16.7 Å². The largest absolute Gasteiger partial charge is 0.460 e. The van der Waals surface area contributed by atoms with E-state index in [0.717, 1.165) is 16.2 Å². The molecule has 0 spiro atoms. The van der Waals surface area contributed by atoms with Crippen molar-refractivity contribution in [1.29, 1.82) is 0 Å². The van der Waals surface area contributed by atoms with E-state index in [2.05, 4.69) is 15.5 Å². The van der Waals surface area contributed by atoms with Gasteiger partial charge >= 0.3 is 17.9 Å². The molecule has 1 N–H and O–H groups in total. The summed E-state index contributed by atoms with van der Waals surface area (Å²) < 4.78 is 30.9. The van der Waals surface area contributed by atoms with E-state index in [4.69, 9.17) is 30.6 Å². The molecule has 1 aromatic heterocycles. The van der Waals surface area contributed by atoms with E-state index in [1.165, 1.54) is 13.8 Å². The summed E-state index contributed by atoms with van der Waals surface area (Å²) in [5, 5.41) is 5.63. The van der Waals surface area contributed by atoms with Crippen molar-refractivity contribution >= 4 is 91.8 Å². The molecule has 5 rings (SSSR count). The fourth-order valence-corrected chi connectivity index (χ4v) is 9.61. The monoisotopic (exact) mass is 966 g/mol. The van der Waals surface area contributed by atoms with Crippen LogP contribution in [0, 0.1) is 0 Å². The number of nitrogens with one attached hydrogen (secondary N) is 1. The van der Waals surface area contributed by atoms with Crippen LogP contribution in [0.1, 0.15) is 83.3 Å². The van der Waals surface area contributed by atoms with Gasteiger partial charge in [-0.15, -0.1) is 11.3 Å². The fourth-order valence-electron chi connectivity index (χ4n) is 5.76. The van der Waals surface area contributed by atoms with Gasteiger partial charge in [0.1, 0.15) is 43.4 Å². The van der Waals surface area contributed by atoms with Gasteiger partial charge in [-0.2, -0.15) is 0 Å². The lowest BCUT2D eigenvalue weighted by Gasteiger charge is -2.49. The molecule has 2 aromatic carbocycles. The minimum absolute atomic E-state index is 0.0444. The van der Waals surface area contributed by atoms with Gasteiger partial charge in [-0.3, -0.25) is 23.5 Å². The maximum absolute atomic E-state index is 14.2. The molecule has 0 aliphatic carbocycles. The quantitative estimate of drug-likeness (QED) is 0.0407. The normalized spacial score (nSPS) is 18.6. The molecule has 2 amide bonds. The maximum atomic E-state index is 14.2. The van der Waals surface area contributed by atoms with Crippen LogP contribution in [0.25, 0.3) is 0 Å². The lowest BCUT2D eigenvalue weighted by molar-refractivity contribution is -0.179. The minimum Gasteiger partial charge on any atom is -0.460 e. The number of halogens is 2. The first-order valence-electron chi connectivity index (χ1n) is 18.1. The second-order valence-electron chi connectivity index (χ2n) is 15.8. The third-order valence-corrected chi connectivity index (χ3v) is 12.1. The van der Waals surface area contributed by atoms with Crippen molar-refractivity contribution in [3.63, 3.8) is 0 Å². The lowest BCUT2D eigenvalue weighted by atomic mass is 10.0. The number of ether oxygens (including phenoxy) is 3. The summed E-state index contributed by atoms with van der Waals surface area (Å²) >= 11 is 9.51. The van der Waals surface area contributed by atoms with Crippen molar-refractivity contribution in [3.05, 3.63) is 98.1 Å². The first-order valence-corrected chi connectivity index (χ1v) is 22.2. The number of aromatic nitrogens is 1. The Hall–Kier alpha value is -4.20. The average Bonchev–Trinajstić information content (AvgIpc) is 3.49. The van der Waals surface area contributed by atoms with Gasteiger partial charge in [0.15, 0.2) is 11.8 Å². The average molecular weight is 967 g/mol. The van der Waals surface area contributed by atoms with Crippen LogP contribution in [0.15, 0.2) is 77.1 Å². The number of carbonyl (C=O) groups is 5. The number of oxime groups is 1. The molecule has 1 saturated heterocycles. The highest BCUT2D eigenvalue weighted by Crippen LogP contribution is 2.38. The number of hydrogen-bond acceptors (Lipinski definition) is 13. The van der Waals surface area contributed by atoms with Crippen molar-refractivity contribution in [1.82, 2.24) is 15.2 Å². The fraction of sp³-hybridized carbons (Fsp3) is 0.425. The van der Waals surface area contributed by atoms with E-state index in [1.54, 1.807) is 41.5 Å². The summed E-state index contributed by atoms with van der Waals surface area (Å²) in [6.07, 6.45) is -1.10. The van der Waals surface area contributed by atoms with Crippen LogP contribution >= 0.6 is 45.5 Å². The van der Waals surface area contributed by atoms with Gasteiger partial charge in [0, 0.05) is 4.43 Å². The third kappa shape index (κ3) is 10.7. The number of hydrogen-bond donors (Lipinski definition) is 1. The molecule has 0 bridgehead atoms. The number of nitrogens with zero attached hydrogens (tertiary/aromatic N) is 3. The Kier molecular flexibility index (Phi) is 13.9. The molecule has 58 heavy (non-hydrogen) atoms. The number of rotatable bonds is 13. The number of carbonyl (C=O) groups excluding carboxylic acids is 5. The molecule has 0 radical (unpaired) electrons. The van der Waals surface area contributed by atoms with Crippen molar-refractivity contribution in [2.45, 2.75) is 96.1 Å². The Morgan fingerprint density at radius 3 is 2.07 bits per heavy atom. The predicted molar refractivity (Wildman–Crippen MR) is 227 cm³/mol. The first-order chi connectivity index (χ1) is 27.1. The number of alkyl halides is 1. The molecule has 0 saturated carbocycles. The summed E-state index contributed by atoms with van der Waals surface area (Å²) in [5.74, 6) is -3.99. The van der Waals surface area contributed by atoms with Crippen LogP contribution in [-0.4, -0.2) is 87.9 Å². The highest BCUT2D eigenvalue weighted by atomic mass is 127. The highest BCUT2D eigenvalue weighted by molar-refractivity contribution is 14.1. The molecular formula is C40H44ClIN4O10S2. The predicted octanol–water partition coefficient (Wildman–Crippen LogP) is 5.96. The van der Waals surface area contributed by atoms with E-state index in [9.17, 15) is 28.2 Å². The molecule has 3 heterocycles. The standard InChI is InChI=1S/C40H44ClIN4O10S2/c1-38(2,3)54-26(47)19-25-43-27(32(41)57-25)28(45-56-40(7,8)37(51)55-39(4,5)6)33(48)44-29-34(49)46-30(24(20-42)21-58(52)35(29)46)36(50)53-31(22-15-11-9-12-16-22)23-17-13-10-14-18-23/h9-18,29,31,35H,19-21H2,1-8H3,(H,44,48)/b45-28-/t29-,35-,58?/m1/s1. The van der Waals surface area contributed by atoms with Crippen LogP contribution in [-0.2, 0) is 60.2 Å². The lowest BCUT2D eigenvalue weighted by Crippen LogP contribution is -2.74. The van der Waals surface area contributed by atoms with Crippen LogP contribution in [0.3, 0.4) is 0 Å². The van der Waals surface area contributed by atoms with E-state index in [1.807, 2.05) is 83.3 Å². The molecule has 1 unspecified atom stereocenters. The van der Waals surface area contributed by atoms with Gasteiger partial charge in [-0.1, -0.05) is 100 Å². The van der Waals surface area contributed by atoms with Crippen molar-refractivity contribution < 1.29 is 47.2 Å². The van der Waals surface area contributed by atoms with Gasteiger partial charge in [0.2, 0.25) is 5.60 Å². The van der Waals surface area contributed by atoms with Gasteiger partial charge < -0.3 is 24.4 Å². The second-order valence-corrected chi connectivity index (χ2v) is 19.8. The van der Waals surface area contributed by atoms with Gasteiger partial charge in [-0.25, -0.2) is 14.6 Å². The Balaban J connectivity index is 1.44. The van der Waals surface area contributed by atoms with E-state index < -0.39 is 80.6 Å². The zero-order chi connectivity index (χ0) is 42.7. The SMILES string of the molecule is CC(C)(C)OC(=O)Cc1nc(/C(=N/OC(C)(C)C(=O)OC(C)(C)C)C(=O)N[C@@H]2C(=O)N3C(C(=O)OC(c4ccccc4)c4ccccc4)=C(CI)CS(=O)[C@H]23)c(Cl)s1. The smallest absolute Gasteiger partial charge is 0.356 e. The highest BCUT2D eigenvalue weighted by Gasteiger charge is 2.58. The molecule has 14 nitrogen and oxygen atoms in total. The van der Waals surface area contributed by atoms with Crippen LogP contribution in [0.4, 0.5) is 0 Å².